The third kappa shape index (κ3) is 4.31. The molecular weight excluding hydrogens is 335 g/mol. The van der Waals surface area contributed by atoms with Crippen LogP contribution in [0.4, 0.5) is 4.39 Å². The lowest BCUT2D eigenvalue weighted by Gasteiger charge is -2.31. The van der Waals surface area contributed by atoms with E-state index in [1.54, 1.807) is 14.0 Å². The zero-order valence-electron chi connectivity index (χ0n) is 13.9. The van der Waals surface area contributed by atoms with E-state index >= 15 is 0 Å². The highest BCUT2D eigenvalue weighted by molar-refractivity contribution is 7.89. The first-order valence-corrected chi connectivity index (χ1v) is 9.33. The minimum Gasteiger partial charge on any atom is -0.383 e. The zero-order valence-corrected chi connectivity index (χ0v) is 14.7. The van der Waals surface area contributed by atoms with Gasteiger partial charge in [-0.3, -0.25) is 4.79 Å². The predicted octanol–water partition coefficient (Wildman–Crippen LogP) is 1.30. The van der Waals surface area contributed by atoms with Gasteiger partial charge in [0, 0.05) is 32.7 Å². The summed E-state index contributed by atoms with van der Waals surface area (Å²) in [4.78, 5) is 12.1. The van der Waals surface area contributed by atoms with Crippen molar-refractivity contribution in [2.75, 3.05) is 33.4 Å². The molecule has 0 unspecified atom stereocenters. The Kier molecular flexibility index (Phi) is 6.31. The summed E-state index contributed by atoms with van der Waals surface area (Å²) in [6.45, 7) is 3.03. The largest absolute Gasteiger partial charge is 0.383 e. The van der Waals surface area contributed by atoms with Crippen LogP contribution in [0.1, 0.15) is 18.4 Å². The van der Waals surface area contributed by atoms with Gasteiger partial charge in [-0.1, -0.05) is 0 Å². The molecule has 0 aromatic heterocycles. The van der Waals surface area contributed by atoms with E-state index in [2.05, 4.69) is 5.32 Å². The first kappa shape index (κ1) is 18.8. The molecule has 0 spiro atoms. The van der Waals surface area contributed by atoms with Gasteiger partial charge < -0.3 is 10.1 Å². The summed E-state index contributed by atoms with van der Waals surface area (Å²) >= 11 is 0. The van der Waals surface area contributed by atoms with E-state index in [4.69, 9.17) is 4.74 Å². The molecule has 0 aliphatic carbocycles. The maximum absolute atomic E-state index is 13.2. The summed E-state index contributed by atoms with van der Waals surface area (Å²) < 4.78 is 44.8. The van der Waals surface area contributed by atoms with Crippen molar-refractivity contribution in [3.8, 4) is 0 Å². The molecule has 0 atom stereocenters. The number of piperidine rings is 1. The number of hydrogen-bond donors (Lipinski definition) is 1. The van der Waals surface area contributed by atoms with Crippen molar-refractivity contribution in [3.05, 3.63) is 29.6 Å². The van der Waals surface area contributed by atoms with Crippen LogP contribution < -0.4 is 5.32 Å². The highest BCUT2D eigenvalue weighted by Gasteiger charge is 2.32. The average molecular weight is 358 g/mol. The van der Waals surface area contributed by atoms with E-state index in [1.165, 1.54) is 16.4 Å². The molecule has 1 aliphatic rings. The molecule has 0 radical (unpaired) electrons. The second-order valence-electron chi connectivity index (χ2n) is 5.87. The molecule has 1 aromatic rings. The molecule has 134 valence electrons. The summed E-state index contributed by atoms with van der Waals surface area (Å²) in [6, 6.07) is 3.66. The molecule has 24 heavy (non-hydrogen) atoms. The summed E-state index contributed by atoms with van der Waals surface area (Å²) in [5.74, 6) is -0.720. The summed E-state index contributed by atoms with van der Waals surface area (Å²) in [5.41, 5.74) is 0.384. The van der Waals surface area contributed by atoms with Gasteiger partial charge in [0.1, 0.15) is 5.82 Å². The predicted molar refractivity (Wildman–Crippen MR) is 87.5 cm³/mol. The lowest BCUT2D eigenvalue weighted by Crippen LogP contribution is -2.43. The van der Waals surface area contributed by atoms with Crippen molar-refractivity contribution in [2.45, 2.75) is 24.7 Å². The molecule has 2 rings (SSSR count). The Hall–Kier alpha value is -1.51. The highest BCUT2D eigenvalue weighted by atomic mass is 32.2. The number of carbonyl (C=O) groups excluding carboxylic acids is 1. The second kappa shape index (κ2) is 8.04. The molecule has 0 bridgehead atoms. The third-order valence-electron chi connectivity index (χ3n) is 4.18. The van der Waals surface area contributed by atoms with Gasteiger partial charge in [0.25, 0.3) is 0 Å². The Labute approximate surface area is 142 Å². The monoisotopic (exact) mass is 358 g/mol. The number of hydrogen-bond acceptors (Lipinski definition) is 4. The average Bonchev–Trinajstić information content (AvgIpc) is 2.54. The first-order valence-electron chi connectivity index (χ1n) is 7.89. The van der Waals surface area contributed by atoms with Gasteiger partial charge >= 0.3 is 0 Å². The summed E-state index contributed by atoms with van der Waals surface area (Å²) in [7, 11) is -2.10. The number of halogens is 1. The van der Waals surface area contributed by atoms with Crippen molar-refractivity contribution < 1.29 is 22.3 Å². The minimum absolute atomic E-state index is 0.0675. The fourth-order valence-corrected chi connectivity index (χ4v) is 4.50. The maximum Gasteiger partial charge on any atom is 0.243 e. The van der Waals surface area contributed by atoms with Crippen LogP contribution in [-0.4, -0.2) is 52.0 Å². The maximum atomic E-state index is 13.2. The second-order valence-corrected chi connectivity index (χ2v) is 7.78. The molecule has 6 nitrogen and oxygen atoms in total. The van der Waals surface area contributed by atoms with Crippen molar-refractivity contribution in [1.29, 1.82) is 0 Å². The zero-order chi connectivity index (χ0) is 17.7. The van der Waals surface area contributed by atoms with E-state index in [0.29, 0.717) is 31.6 Å². The van der Waals surface area contributed by atoms with E-state index in [9.17, 15) is 17.6 Å². The van der Waals surface area contributed by atoms with Crippen LogP contribution in [-0.2, 0) is 19.6 Å². The number of nitrogens with one attached hydrogen (secondary N) is 1. The Bertz CT molecular complexity index is 685. The SMILES string of the molecule is COCCNC(=O)C1CCN(S(=O)(=O)c2ccc(F)cc2C)CC1. The lowest BCUT2D eigenvalue weighted by molar-refractivity contribution is -0.126. The van der Waals surface area contributed by atoms with Crippen LogP contribution in [0.2, 0.25) is 0 Å². The number of aryl methyl sites for hydroxylation is 1. The van der Waals surface area contributed by atoms with Gasteiger partial charge in [-0.15, -0.1) is 0 Å². The molecule has 1 aliphatic heterocycles. The number of rotatable bonds is 6. The van der Waals surface area contributed by atoms with Crippen molar-refractivity contribution in [2.24, 2.45) is 5.92 Å². The van der Waals surface area contributed by atoms with Crippen LogP contribution in [0.5, 0.6) is 0 Å². The number of benzene rings is 1. The van der Waals surface area contributed by atoms with Crippen molar-refractivity contribution >= 4 is 15.9 Å². The summed E-state index contributed by atoms with van der Waals surface area (Å²) in [6.07, 6.45) is 0.941. The number of amides is 1. The number of carbonyl (C=O) groups is 1. The molecule has 1 fully saturated rings. The smallest absolute Gasteiger partial charge is 0.243 e. The van der Waals surface area contributed by atoms with E-state index in [1.807, 2.05) is 0 Å². The number of methoxy groups -OCH3 is 1. The Morgan fingerprint density at radius 1 is 1.38 bits per heavy atom. The van der Waals surface area contributed by atoms with Gasteiger partial charge in [0.2, 0.25) is 15.9 Å². The molecule has 1 saturated heterocycles. The molecule has 0 saturated carbocycles. The Balaban J connectivity index is 1.99. The fourth-order valence-electron chi connectivity index (χ4n) is 2.82. The van der Waals surface area contributed by atoms with Crippen molar-refractivity contribution in [3.63, 3.8) is 0 Å². The van der Waals surface area contributed by atoms with Gasteiger partial charge in [0.05, 0.1) is 11.5 Å². The topological polar surface area (TPSA) is 75.7 Å². The quantitative estimate of drug-likeness (QED) is 0.778. The van der Waals surface area contributed by atoms with Gasteiger partial charge in [-0.05, 0) is 43.5 Å². The minimum atomic E-state index is -3.66. The van der Waals surface area contributed by atoms with Gasteiger partial charge in [-0.2, -0.15) is 4.31 Å². The van der Waals surface area contributed by atoms with E-state index in [0.717, 1.165) is 6.07 Å². The van der Waals surface area contributed by atoms with E-state index in [-0.39, 0.29) is 29.8 Å². The van der Waals surface area contributed by atoms with Crippen LogP contribution in [0.25, 0.3) is 0 Å². The molecule has 1 N–H and O–H groups in total. The van der Waals surface area contributed by atoms with Crippen LogP contribution in [0.3, 0.4) is 0 Å². The van der Waals surface area contributed by atoms with E-state index < -0.39 is 15.8 Å². The number of nitrogens with zero attached hydrogens (tertiary/aromatic N) is 1. The molecule has 1 heterocycles. The summed E-state index contributed by atoms with van der Waals surface area (Å²) in [5, 5.41) is 2.78. The Morgan fingerprint density at radius 2 is 2.04 bits per heavy atom. The Morgan fingerprint density at radius 3 is 2.62 bits per heavy atom. The third-order valence-corrected chi connectivity index (χ3v) is 6.24. The molecule has 1 amide bonds. The molecular formula is C16H23FN2O4S. The lowest BCUT2D eigenvalue weighted by atomic mass is 9.97. The fraction of sp³-hybridized carbons (Fsp3) is 0.562. The highest BCUT2D eigenvalue weighted by Crippen LogP contribution is 2.26. The number of ether oxygens (including phenoxy) is 1. The van der Waals surface area contributed by atoms with Crippen LogP contribution >= 0.6 is 0 Å². The standard InChI is InChI=1S/C16H23FN2O4S/c1-12-11-14(17)3-4-15(12)24(21,22)19-8-5-13(6-9-19)16(20)18-7-10-23-2/h3-4,11,13H,5-10H2,1-2H3,(H,18,20). The van der Waals surface area contributed by atoms with Crippen LogP contribution in [0.15, 0.2) is 23.1 Å². The van der Waals surface area contributed by atoms with Crippen LogP contribution in [0, 0.1) is 18.7 Å². The normalized spacial score (nSPS) is 17.0. The molecule has 8 heteroatoms. The van der Waals surface area contributed by atoms with Gasteiger partial charge in [-0.25, -0.2) is 12.8 Å². The van der Waals surface area contributed by atoms with Crippen molar-refractivity contribution in [1.82, 2.24) is 9.62 Å². The molecule has 1 aromatic carbocycles. The first-order chi connectivity index (χ1) is 11.4. The van der Waals surface area contributed by atoms with Gasteiger partial charge in [0.15, 0.2) is 0 Å². The number of sulfonamides is 1.